The molecule has 1 aromatic rings. The lowest BCUT2D eigenvalue weighted by Gasteiger charge is -2.36. The predicted molar refractivity (Wildman–Crippen MR) is 81.8 cm³/mol. The molecule has 1 saturated heterocycles. The van der Waals surface area contributed by atoms with E-state index in [9.17, 15) is 4.79 Å². The molecule has 0 radical (unpaired) electrons. The van der Waals surface area contributed by atoms with Crippen LogP contribution in [0, 0.1) is 0 Å². The van der Waals surface area contributed by atoms with E-state index in [4.69, 9.17) is 29.6 Å². The van der Waals surface area contributed by atoms with E-state index >= 15 is 0 Å². The van der Waals surface area contributed by atoms with Gasteiger partial charge in [-0.3, -0.25) is 4.79 Å². The molecule has 0 aliphatic carbocycles. The van der Waals surface area contributed by atoms with Gasteiger partial charge in [-0.25, -0.2) is 0 Å². The van der Waals surface area contributed by atoms with Crippen molar-refractivity contribution in [3.05, 3.63) is 28.8 Å². The molecule has 0 aromatic heterocycles. The molecule has 0 saturated carbocycles. The Labute approximate surface area is 122 Å². The molecule has 1 amide bonds. The summed E-state index contributed by atoms with van der Waals surface area (Å²) in [7, 11) is 0. The summed E-state index contributed by atoms with van der Waals surface area (Å²) in [5, 5.41) is 3.39. The Morgan fingerprint density at radius 2 is 2.37 bits per heavy atom. The summed E-state index contributed by atoms with van der Waals surface area (Å²) in [5.41, 5.74) is 7.17. The van der Waals surface area contributed by atoms with Crippen LogP contribution >= 0.6 is 23.8 Å². The van der Waals surface area contributed by atoms with Crippen molar-refractivity contribution in [2.45, 2.75) is 19.4 Å². The van der Waals surface area contributed by atoms with Crippen molar-refractivity contribution in [3.63, 3.8) is 0 Å². The summed E-state index contributed by atoms with van der Waals surface area (Å²) in [5.74, 6) is 0.0586. The van der Waals surface area contributed by atoms with Crippen LogP contribution in [0.1, 0.15) is 18.9 Å². The van der Waals surface area contributed by atoms with Crippen molar-refractivity contribution in [2.24, 2.45) is 5.73 Å². The van der Waals surface area contributed by atoms with Gasteiger partial charge in [-0.2, -0.15) is 0 Å². The number of halogens is 1. The molecule has 1 heterocycles. The zero-order chi connectivity index (χ0) is 14.0. The van der Waals surface area contributed by atoms with Crippen LogP contribution in [0.25, 0.3) is 0 Å². The Balaban J connectivity index is 2.33. The summed E-state index contributed by atoms with van der Waals surface area (Å²) in [6, 6.07) is 5.37. The number of piperazine rings is 1. The monoisotopic (exact) mass is 297 g/mol. The maximum Gasteiger partial charge on any atom is 0.242 e. The van der Waals surface area contributed by atoms with E-state index < -0.39 is 0 Å². The Morgan fingerprint density at radius 3 is 2.95 bits per heavy atom. The minimum atomic E-state index is -0.152. The molecule has 1 aliphatic heterocycles. The highest BCUT2D eigenvalue weighted by atomic mass is 35.5. The van der Waals surface area contributed by atoms with Gasteiger partial charge in [-0.05, 0) is 24.6 Å². The molecule has 1 aliphatic rings. The van der Waals surface area contributed by atoms with Crippen LogP contribution < -0.4 is 16.0 Å². The van der Waals surface area contributed by atoms with Crippen LogP contribution in [0.2, 0.25) is 5.02 Å². The zero-order valence-electron chi connectivity index (χ0n) is 10.6. The van der Waals surface area contributed by atoms with E-state index in [1.807, 2.05) is 19.1 Å². The number of carbonyl (C=O) groups is 1. The van der Waals surface area contributed by atoms with Crippen LogP contribution in [-0.2, 0) is 4.79 Å². The second-order valence-corrected chi connectivity index (χ2v) is 5.28. The van der Waals surface area contributed by atoms with Crippen LogP contribution in [-0.4, -0.2) is 30.0 Å². The van der Waals surface area contributed by atoms with Crippen LogP contribution in [0.5, 0.6) is 0 Å². The molecule has 0 spiro atoms. The number of thiocarbonyl (C=S) groups is 1. The van der Waals surface area contributed by atoms with E-state index in [1.54, 1.807) is 6.07 Å². The van der Waals surface area contributed by atoms with Crippen molar-refractivity contribution in [1.82, 2.24) is 5.32 Å². The van der Waals surface area contributed by atoms with Gasteiger partial charge in [0.1, 0.15) is 11.0 Å². The number of benzene rings is 1. The first kappa shape index (κ1) is 14.1. The smallest absolute Gasteiger partial charge is 0.242 e. The third kappa shape index (κ3) is 2.82. The first-order valence-corrected chi connectivity index (χ1v) is 6.97. The highest BCUT2D eigenvalue weighted by Gasteiger charge is 2.28. The van der Waals surface area contributed by atoms with Gasteiger partial charge in [0, 0.05) is 24.3 Å². The lowest BCUT2D eigenvalue weighted by atomic mass is 10.1. The summed E-state index contributed by atoms with van der Waals surface area (Å²) in [6.07, 6.45) is 0.751. The van der Waals surface area contributed by atoms with Gasteiger partial charge in [-0.1, -0.05) is 30.7 Å². The number of hydrogen-bond acceptors (Lipinski definition) is 3. The van der Waals surface area contributed by atoms with Crippen molar-refractivity contribution in [3.8, 4) is 0 Å². The van der Waals surface area contributed by atoms with Crippen molar-refractivity contribution >= 4 is 40.4 Å². The SMILES string of the molecule is CCC1C(=O)NCCN1c1ccc(C(N)=S)c(Cl)c1. The zero-order valence-corrected chi connectivity index (χ0v) is 12.2. The number of anilines is 1. The van der Waals surface area contributed by atoms with E-state index in [-0.39, 0.29) is 16.9 Å². The molecule has 1 unspecified atom stereocenters. The molecule has 102 valence electrons. The van der Waals surface area contributed by atoms with Gasteiger partial charge >= 0.3 is 0 Å². The quantitative estimate of drug-likeness (QED) is 0.834. The van der Waals surface area contributed by atoms with Gasteiger partial charge in [0.05, 0.1) is 5.02 Å². The number of hydrogen-bond donors (Lipinski definition) is 2. The molecule has 1 fully saturated rings. The van der Waals surface area contributed by atoms with Gasteiger partial charge in [0.25, 0.3) is 0 Å². The third-order valence-electron chi connectivity index (χ3n) is 3.27. The van der Waals surface area contributed by atoms with Crippen LogP contribution in [0.4, 0.5) is 5.69 Å². The first-order valence-electron chi connectivity index (χ1n) is 6.18. The van der Waals surface area contributed by atoms with Crippen molar-refractivity contribution in [2.75, 3.05) is 18.0 Å². The maximum absolute atomic E-state index is 11.8. The van der Waals surface area contributed by atoms with Gasteiger partial charge in [-0.15, -0.1) is 0 Å². The molecule has 6 heteroatoms. The van der Waals surface area contributed by atoms with Crippen molar-refractivity contribution < 1.29 is 4.79 Å². The molecule has 3 N–H and O–H groups in total. The largest absolute Gasteiger partial charge is 0.389 e. The maximum atomic E-state index is 11.8. The van der Waals surface area contributed by atoms with Crippen LogP contribution in [0.15, 0.2) is 18.2 Å². The standard InChI is InChI=1S/C13H16ClN3OS/c1-2-11-13(18)16-5-6-17(11)8-3-4-9(12(15)19)10(14)7-8/h3-4,7,11H,2,5-6H2,1H3,(H2,15,19)(H,16,18). The molecule has 1 aromatic carbocycles. The third-order valence-corrected chi connectivity index (χ3v) is 3.80. The summed E-state index contributed by atoms with van der Waals surface area (Å²) in [4.78, 5) is 14.2. The minimum absolute atomic E-state index is 0.0586. The first-order chi connectivity index (χ1) is 9.04. The van der Waals surface area contributed by atoms with E-state index in [0.29, 0.717) is 17.1 Å². The molecule has 0 bridgehead atoms. The fourth-order valence-electron chi connectivity index (χ4n) is 2.31. The van der Waals surface area contributed by atoms with Crippen LogP contribution in [0.3, 0.4) is 0 Å². The number of nitrogens with one attached hydrogen (secondary N) is 1. The average molecular weight is 298 g/mol. The van der Waals surface area contributed by atoms with Gasteiger partial charge in [0.15, 0.2) is 0 Å². The van der Waals surface area contributed by atoms with E-state index in [1.165, 1.54) is 0 Å². The molecular formula is C13H16ClN3OS. The van der Waals surface area contributed by atoms with E-state index in [0.717, 1.165) is 18.7 Å². The Hall–Kier alpha value is -1.33. The van der Waals surface area contributed by atoms with Crippen molar-refractivity contribution in [1.29, 1.82) is 0 Å². The number of nitrogens with two attached hydrogens (primary N) is 1. The fraction of sp³-hybridized carbons (Fsp3) is 0.385. The molecule has 19 heavy (non-hydrogen) atoms. The summed E-state index contributed by atoms with van der Waals surface area (Å²) < 4.78 is 0. The number of carbonyl (C=O) groups excluding carboxylic acids is 1. The Morgan fingerprint density at radius 1 is 1.63 bits per heavy atom. The number of nitrogens with zero attached hydrogens (tertiary/aromatic N) is 1. The number of rotatable bonds is 3. The fourth-order valence-corrected chi connectivity index (χ4v) is 2.82. The second kappa shape index (κ2) is 5.75. The normalized spacial score (nSPS) is 19.2. The van der Waals surface area contributed by atoms with Gasteiger partial charge < -0.3 is 16.0 Å². The molecular weight excluding hydrogens is 282 g/mol. The predicted octanol–water partition coefficient (Wildman–Crippen LogP) is 1.69. The molecule has 4 nitrogen and oxygen atoms in total. The highest BCUT2D eigenvalue weighted by Crippen LogP contribution is 2.26. The Kier molecular flexibility index (Phi) is 4.27. The summed E-state index contributed by atoms with van der Waals surface area (Å²) in [6.45, 7) is 3.41. The lowest BCUT2D eigenvalue weighted by molar-refractivity contribution is -0.123. The van der Waals surface area contributed by atoms with E-state index in [2.05, 4.69) is 10.2 Å². The second-order valence-electron chi connectivity index (χ2n) is 4.44. The topological polar surface area (TPSA) is 58.4 Å². The molecule has 2 rings (SSSR count). The number of amides is 1. The minimum Gasteiger partial charge on any atom is -0.389 e. The lowest BCUT2D eigenvalue weighted by Crippen LogP contribution is -2.55. The molecule has 1 atom stereocenters. The summed E-state index contributed by atoms with van der Waals surface area (Å²) >= 11 is 11.1. The average Bonchev–Trinajstić information content (AvgIpc) is 2.37. The van der Waals surface area contributed by atoms with Gasteiger partial charge in [0.2, 0.25) is 5.91 Å². The Bertz CT molecular complexity index is 521. The highest BCUT2D eigenvalue weighted by molar-refractivity contribution is 7.80.